The Kier molecular flexibility index (Phi) is 25.6. The van der Waals surface area contributed by atoms with E-state index in [9.17, 15) is 38.4 Å². The Morgan fingerprint density at radius 1 is 0.417 bits per heavy atom. The summed E-state index contributed by atoms with van der Waals surface area (Å²) in [7, 11) is 5.16. The van der Waals surface area contributed by atoms with Crippen LogP contribution in [0.25, 0.3) is 44.5 Å². The molecule has 4 N–H and O–H groups in total. The number of ether oxygens (including phenoxy) is 4. The normalized spacial score (nSPS) is 20.0. The van der Waals surface area contributed by atoms with Crippen molar-refractivity contribution in [3.05, 3.63) is 155 Å². The van der Waals surface area contributed by atoms with Gasteiger partial charge in [-0.3, -0.25) is 39.1 Å². The van der Waals surface area contributed by atoms with Crippen molar-refractivity contribution < 1.29 is 57.3 Å². The first-order valence-corrected chi connectivity index (χ1v) is 37.8. The first kappa shape index (κ1) is 78.3. The summed E-state index contributed by atoms with van der Waals surface area (Å²) in [6.45, 7) is 16.4. The fraction of sp³-hybridized carbons (Fsp3) is 0.452. The van der Waals surface area contributed by atoms with Crippen LogP contribution in [-0.4, -0.2) is 168 Å². The lowest BCUT2D eigenvalue weighted by Crippen LogP contribution is -2.53. The van der Waals surface area contributed by atoms with E-state index in [1.165, 1.54) is 38.5 Å². The molecule has 24 heteroatoms. The largest absolute Gasteiger partial charge is 0.453 e. The molecule has 4 aromatic carbocycles. The van der Waals surface area contributed by atoms with Crippen LogP contribution >= 0.6 is 0 Å². The Bertz CT molecular complexity index is 4220. The van der Waals surface area contributed by atoms with Gasteiger partial charge in [-0.25, -0.2) is 40.0 Å². The van der Waals surface area contributed by atoms with Crippen LogP contribution < -0.4 is 21.5 Å². The third-order valence-corrected chi connectivity index (χ3v) is 21.7. The minimum absolute atomic E-state index is 0.0355. The molecule has 24 nitrogen and oxygen atoms in total. The third-order valence-electron chi connectivity index (χ3n) is 21.7. The van der Waals surface area contributed by atoms with Crippen molar-refractivity contribution in [1.82, 2.24) is 41.3 Å². The van der Waals surface area contributed by atoms with Crippen molar-refractivity contribution >= 4 is 93.1 Å². The van der Waals surface area contributed by atoms with Gasteiger partial charge in [-0.05, 0) is 170 Å². The fourth-order valence-corrected chi connectivity index (χ4v) is 15.7. The molecule has 0 spiro atoms. The summed E-state index contributed by atoms with van der Waals surface area (Å²) in [5.41, 5.74) is 23.9. The zero-order chi connectivity index (χ0) is 77.0. The summed E-state index contributed by atoms with van der Waals surface area (Å²) in [4.78, 5) is 125. The van der Waals surface area contributed by atoms with Crippen LogP contribution in [0.2, 0.25) is 0 Å². The second-order valence-corrected chi connectivity index (χ2v) is 29.9. The number of aliphatic imine (C=N–C) groups is 4. The molecule has 0 radical (unpaired) electrons. The van der Waals surface area contributed by atoms with Gasteiger partial charge >= 0.3 is 24.4 Å². The molecule has 8 aliphatic rings. The lowest BCUT2D eigenvalue weighted by atomic mass is 9.87. The average Bonchev–Trinajstić information content (AvgIpc) is 1.64. The molecule has 8 amide bonds. The van der Waals surface area contributed by atoms with Gasteiger partial charge in [0.05, 0.1) is 40.5 Å². The number of hydrogen-bond donors (Lipinski definition) is 4. The zero-order valence-electron chi connectivity index (χ0n) is 64.1. The van der Waals surface area contributed by atoms with Crippen molar-refractivity contribution in [3.8, 4) is 22.3 Å². The number of rotatable bonds is 20. The average molecular weight is 1470 g/mol. The van der Waals surface area contributed by atoms with Crippen molar-refractivity contribution in [3.63, 3.8) is 0 Å². The molecule has 0 bridgehead atoms. The Labute approximate surface area is 633 Å². The highest BCUT2D eigenvalue weighted by Crippen LogP contribution is 2.41. The van der Waals surface area contributed by atoms with Crippen molar-refractivity contribution in [2.24, 2.45) is 43.6 Å². The Hall–Kier alpha value is -10.8. The number of methoxy groups -OCH3 is 4. The quantitative estimate of drug-likeness (QED) is 0.0475. The van der Waals surface area contributed by atoms with E-state index < -0.39 is 36.5 Å². The number of benzene rings is 4. The Morgan fingerprint density at radius 3 is 1.19 bits per heavy atom. The van der Waals surface area contributed by atoms with Crippen LogP contribution in [0.4, 0.5) is 19.2 Å². The van der Waals surface area contributed by atoms with Crippen molar-refractivity contribution in [1.29, 1.82) is 0 Å². The van der Waals surface area contributed by atoms with Gasteiger partial charge in [0.1, 0.15) is 12.1 Å². The summed E-state index contributed by atoms with van der Waals surface area (Å²) in [6, 6.07) is 32.0. The minimum atomic E-state index is -0.677. The predicted octanol–water partition coefficient (Wildman–Crippen LogP) is 14.1. The highest BCUT2D eigenvalue weighted by Gasteiger charge is 2.43. The maximum absolute atomic E-state index is 13.6. The van der Waals surface area contributed by atoms with E-state index in [0.29, 0.717) is 50.8 Å². The number of carbonyl (C=O) groups excluding carboxylic acids is 8. The van der Waals surface area contributed by atoms with Gasteiger partial charge < -0.3 is 39.4 Å². The number of hydrazine groups is 2. The number of nitrogens with one attached hydrogen (secondary N) is 4. The van der Waals surface area contributed by atoms with Crippen molar-refractivity contribution in [2.45, 2.75) is 182 Å². The third kappa shape index (κ3) is 17.9. The molecule has 12 rings (SSSR count). The fourth-order valence-electron chi connectivity index (χ4n) is 15.7. The maximum atomic E-state index is 13.6. The van der Waals surface area contributed by atoms with E-state index >= 15 is 0 Å². The van der Waals surface area contributed by atoms with E-state index in [-0.39, 0.29) is 71.5 Å². The highest BCUT2D eigenvalue weighted by molar-refractivity contribution is 6.14. The van der Waals surface area contributed by atoms with Gasteiger partial charge in [-0.1, -0.05) is 131 Å². The number of carbonyl (C=O) groups is 8. The zero-order valence-corrected chi connectivity index (χ0v) is 64.1. The standard InChI is InChI=1S/C42H52N6O6.C42H50N6O6/c2*1-25(2)38(45-41(51)53-5)40(50)47-20-8-11-37(47)36-22-32(24-44-36)30-18-14-28(15-19-30)27-12-16-29(17-13-27)31-21-35(43-23-31)33-9-7-10-34(33)39(49)48(26(3)4)46-42(52)54-6/h12-19,23-26,33-34,37-38H,7-11,20-22H2,1-6H3,(H,45,51)(H,46,52);12-19,23-26,37-38H,7-11,20-22H2,1-6H3,(H,45,51)(H,46,52)/t33?,34?,37-,38-;37-,38-/m00/s1. The second-order valence-electron chi connectivity index (χ2n) is 29.9. The number of alkyl carbamates (subject to hydrolysis) is 2. The first-order valence-electron chi connectivity index (χ1n) is 37.8. The number of hydrogen-bond acceptors (Lipinski definition) is 16. The molecule has 2 unspecified atom stereocenters. The lowest BCUT2D eigenvalue weighted by molar-refractivity contribution is -0.141. The molecule has 2 saturated heterocycles. The summed E-state index contributed by atoms with van der Waals surface area (Å²) in [5.74, 6) is -0.872. The molecule has 570 valence electrons. The van der Waals surface area contributed by atoms with E-state index in [4.69, 9.17) is 38.9 Å². The van der Waals surface area contributed by atoms with Crippen LogP contribution in [0.1, 0.15) is 168 Å². The smallest absolute Gasteiger partial charge is 0.425 e. The van der Waals surface area contributed by atoms with Crippen molar-refractivity contribution in [2.75, 3.05) is 41.5 Å². The molecule has 1 saturated carbocycles. The monoisotopic (exact) mass is 1470 g/mol. The molecule has 6 heterocycles. The van der Waals surface area contributed by atoms with Gasteiger partial charge in [0.15, 0.2) is 0 Å². The van der Waals surface area contributed by atoms with E-state index in [0.717, 1.165) is 153 Å². The SMILES string of the molecule is COC(=O)N[C@H](C(=O)N1CCC[C@H]1C1=NC=C(c2ccc(-c3ccc(C4=CN=C(C5=C(C(=O)N(NC(=O)OC)C(C)C)CCC5)C4)cc3)cc2)C1)C(C)C.COC(=O)N[C@H](C(=O)N1CCC[C@H]1C1=NC=C(c2ccc(-c3ccc(C4=CN=C(C5CCCC5C(=O)N(NC(=O)OC)C(C)C)C4)cc3)cc2)C1)C(C)C. The molecule has 3 fully saturated rings. The second kappa shape index (κ2) is 35.3. The predicted molar refractivity (Wildman–Crippen MR) is 418 cm³/mol. The Morgan fingerprint density at radius 2 is 0.787 bits per heavy atom. The number of amides is 8. The summed E-state index contributed by atoms with van der Waals surface area (Å²) >= 11 is 0. The summed E-state index contributed by atoms with van der Waals surface area (Å²) < 4.78 is 19.0. The highest BCUT2D eigenvalue weighted by atomic mass is 16.6. The van der Waals surface area contributed by atoms with Crippen LogP contribution in [0, 0.1) is 23.7 Å². The molecule has 6 aliphatic heterocycles. The first-order chi connectivity index (χ1) is 52.0. The van der Waals surface area contributed by atoms with Gasteiger partial charge in [0.2, 0.25) is 17.7 Å². The van der Waals surface area contributed by atoms with Crippen LogP contribution in [0.5, 0.6) is 0 Å². The molecular formula is C84H102N12O12. The maximum Gasteiger partial charge on any atom is 0.425 e. The van der Waals surface area contributed by atoms with Crippen LogP contribution in [-0.2, 0) is 38.1 Å². The molecule has 4 aromatic rings. The topological polar surface area (TPSA) is 284 Å². The number of allylic oxidation sites excluding steroid dienone is 5. The number of nitrogens with zero attached hydrogens (tertiary/aromatic N) is 8. The van der Waals surface area contributed by atoms with Gasteiger partial charge in [-0.2, -0.15) is 0 Å². The molecule has 0 aromatic heterocycles. The Balaban J connectivity index is 0.000000215. The van der Waals surface area contributed by atoms with Crippen LogP contribution in [0.3, 0.4) is 0 Å². The molecular weight excluding hydrogens is 1370 g/mol. The lowest BCUT2D eigenvalue weighted by Gasteiger charge is -2.31. The molecule has 6 atom stereocenters. The van der Waals surface area contributed by atoms with Gasteiger partial charge in [-0.15, -0.1) is 0 Å². The van der Waals surface area contributed by atoms with E-state index in [1.807, 2.05) is 90.0 Å². The van der Waals surface area contributed by atoms with E-state index in [1.54, 1.807) is 0 Å². The van der Waals surface area contributed by atoms with Gasteiger partial charge in [0, 0.05) is 116 Å². The van der Waals surface area contributed by atoms with Crippen LogP contribution in [0.15, 0.2) is 153 Å². The summed E-state index contributed by atoms with van der Waals surface area (Å²) in [5, 5.41) is 8.16. The van der Waals surface area contributed by atoms with E-state index in [2.05, 4.69) is 119 Å². The number of likely N-dealkylation sites (tertiary alicyclic amines) is 2. The van der Waals surface area contributed by atoms with Gasteiger partial charge in [0.25, 0.3) is 5.91 Å². The molecule has 2 aliphatic carbocycles. The minimum Gasteiger partial charge on any atom is -0.453 e. The summed E-state index contributed by atoms with van der Waals surface area (Å²) in [6.07, 6.45) is 16.2. The molecule has 108 heavy (non-hydrogen) atoms.